The maximum absolute atomic E-state index is 13.1. The van der Waals surface area contributed by atoms with Crippen LogP contribution in [-0.4, -0.2) is 97.1 Å². The molecule has 0 saturated heterocycles. The van der Waals surface area contributed by atoms with Crippen molar-refractivity contribution in [3.8, 4) is 0 Å². The van der Waals surface area contributed by atoms with Crippen LogP contribution in [0, 0.1) is 0 Å². The predicted molar refractivity (Wildman–Crippen MR) is 146 cm³/mol. The highest BCUT2D eigenvalue weighted by molar-refractivity contribution is 7.89. The van der Waals surface area contributed by atoms with Gasteiger partial charge in [0.15, 0.2) is 0 Å². The molecule has 0 saturated carbocycles. The summed E-state index contributed by atoms with van der Waals surface area (Å²) in [6, 6.07) is 10.9. The van der Waals surface area contributed by atoms with Crippen molar-refractivity contribution in [2.24, 2.45) is 10.7 Å². The molecular formula is C24H26Cl2N6O7S. The predicted octanol–water partition coefficient (Wildman–Crippen LogP) is 0.984. The van der Waals surface area contributed by atoms with E-state index in [-0.39, 0.29) is 23.1 Å². The monoisotopic (exact) mass is 612 g/mol. The van der Waals surface area contributed by atoms with Gasteiger partial charge in [0.05, 0.1) is 42.8 Å². The first-order valence-corrected chi connectivity index (χ1v) is 13.9. The van der Waals surface area contributed by atoms with E-state index >= 15 is 0 Å². The van der Waals surface area contributed by atoms with Gasteiger partial charge in [0, 0.05) is 19.2 Å². The van der Waals surface area contributed by atoms with E-state index < -0.39 is 58.4 Å². The van der Waals surface area contributed by atoms with Crippen LogP contribution >= 0.6 is 23.2 Å². The fraction of sp³-hybridized carbons (Fsp3) is 0.292. The fourth-order valence-corrected chi connectivity index (χ4v) is 6.24. The van der Waals surface area contributed by atoms with Crippen LogP contribution in [0.5, 0.6) is 0 Å². The molecule has 13 nitrogen and oxygen atoms in total. The second-order valence-electron chi connectivity index (χ2n) is 8.65. The lowest BCUT2D eigenvalue weighted by Crippen LogP contribution is -2.46. The van der Waals surface area contributed by atoms with Crippen LogP contribution in [0.1, 0.15) is 11.1 Å². The average Bonchev–Trinajstić information content (AvgIpc) is 3.37. The Bertz CT molecular complexity index is 1430. The number of halogens is 2. The summed E-state index contributed by atoms with van der Waals surface area (Å²) in [5.41, 5.74) is 6.54. The number of sulfonamides is 1. The Morgan fingerprint density at radius 2 is 1.70 bits per heavy atom. The molecule has 4 amide bonds. The largest absolute Gasteiger partial charge is 0.465 e. The number of hydrogen-bond acceptors (Lipinski definition) is 7. The van der Waals surface area contributed by atoms with Crippen molar-refractivity contribution >= 4 is 62.9 Å². The Morgan fingerprint density at radius 3 is 2.27 bits per heavy atom. The van der Waals surface area contributed by atoms with E-state index in [9.17, 15) is 32.7 Å². The fourth-order valence-electron chi connectivity index (χ4n) is 3.78. The molecule has 3 rings (SSSR count). The van der Waals surface area contributed by atoms with Gasteiger partial charge in [-0.15, -0.1) is 0 Å². The molecule has 0 atom stereocenters. The molecule has 0 aromatic heterocycles. The number of nitrogens with two attached hydrogens (primary N) is 1. The lowest BCUT2D eigenvalue weighted by Gasteiger charge is -2.22. The van der Waals surface area contributed by atoms with Crippen molar-refractivity contribution in [1.82, 2.24) is 19.4 Å². The first kappa shape index (κ1) is 30.8. The molecule has 0 radical (unpaired) electrons. The van der Waals surface area contributed by atoms with Gasteiger partial charge in [-0.05, 0) is 17.7 Å². The first-order chi connectivity index (χ1) is 18.8. The van der Waals surface area contributed by atoms with Gasteiger partial charge in [0.1, 0.15) is 10.7 Å². The van der Waals surface area contributed by atoms with E-state index in [2.05, 4.69) is 10.3 Å². The van der Waals surface area contributed by atoms with E-state index in [0.717, 1.165) is 10.5 Å². The molecule has 2 aromatic rings. The smallest absolute Gasteiger partial charge is 0.413 e. The highest BCUT2D eigenvalue weighted by Gasteiger charge is 2.32. The Balaban J connectivity index is 1.59. The molecular weight excluding hydrogens is 587 g/mol. The molecule has 16 heteroatoms. The third kappa shape index (κ3) is 7.47. The number of nitrogens with zero attached hydrogens (tertiary/aromatic N) is 4. The number of carboxylic acid groups (broad SMARTS) is 1. The van der Waals surface area contributed by atoms with E-state index in [1.165, 1.54) is 30.1 Å². The molecule has 1 aliphatic heterocycles. The molecule has 0 unspecified atom stereocenters. The van der Waals surface area contributed by atoms with E-state index in [1.54, 1.807) is 24.3 Å². The van der Waals surface area contributed by atoms with Gasteiger partial charge in [-0.3, -0.25) is 24.3 Å². The van der Waals surface area contributed by atoms with Crippen LogP contribution in [0.3, 0.4) is 0 Å². The number of amides is 4. The van der Waals surface area contributed by atoms with Gasteiger partial charge < -0.3 is 21.1 Å². The number of hydrogen-bond donors (Lipinski definition) is 3. The molecule has 40 heavy (non-hydrogen) atoms. The van der Waals surface area contributed by atoms with Crippen molar-refractivity contribution in [3.05, 3.63) is 63.6 Å². The Morgan fingerprint density at radius 1 is 1.07 bits per heavy atom. The topological polar surface area (TPSA) is 183 Å². The second kappa shape index (κ2) is 13.1. The molecule has 1 aliphatic rings. The SMILES string of the molecule is CN(Cc1ccc(C2=NCCN2C(=O)O)cc1)C(=O)CNC(=O)CN(CC(N)=O)S(=O)(=O)c1c(Cl)cccc1Cl. The maximum atomic E-state index is 13.1. The summed E-state index contributed by atoms with van der Waals surface area (Å²) in [6.07, 6.45) is -1.09. The summed E-state index contributed by atoms with van der Waals surface area (Å²) in [4.78, 5) is 54.2. The number of carbonyl (C=O) groups is 4. The minimum Gasteiger partial charge on any atom is -0.465 e. The van der Waals surface area contributed by atoms with Gasteiger partial charge in [-0.1, -0.05) is 53.5 Å². The second-order valence-corrected chi connectivity index (χ2v) is 11.3. The number of aliphatic imine (C=N–C) groups is 1. The van der Waals surface area contributed by atoms with Crippen molar-refractivity contribution in [2.75, 3.05) is 39.8 Å². The number of benzene rings is 2. The molecule has 4 N–H and O–H groups in total. The van der Waals surface area contributed by atoms with Crippen molar-refractivity contribution in [1.29, 1.82) is 0 Å². The standard InChI is InChI=1S/C24H26Cl2N6O7S/c1-30(12-15-5-7-16(8-6-15)23-28-9-10-32(23)24(36)37)21(35)11-29-20(34)14-31(13-19(27)33)40(38,39)22-17(25)3-2-4-18(22)26/h2-8H,9-14H2,1H3,(H2,27,33)(H,29,34)(H,36,37). The van der Waals surface area contributed by atoms with Crippen LogP contribution in [0.2, 0.25) is 10.0 Å². The quantitative estimate of drug-likeness (QED) is 0.338. The minimum absolute atomic E-state index is 0.178. The van der Waals surface area contributed by atoms with Crippen molar-refractivity contribution in [2.45, 2.75) is 11.4 Å². The Hall–Kier alpha value is -3.72. The van der Waals surface area contributed by atoms with Gasteiger partial charge >= 0.3 is 6.09 Å². The first-order valence-electron chi connectivity index (χ1n) is 11.7. The molecule has 0 bridgehead atoms. The zero-order chi connectivity index (χ0) is 29.6. The number of nitrogens with one attached hydrogen (secondary N) is 1. The van der Waals surface area contributed by atoms with Crippen LogP contribution in [0.15, 0.2) is 52.4 Å². The summed E-state index contributed by atoms with van der Waals surface area (Å²) in [5, 5.41) is 11.2. The number of amidine groups is 1. The molecule has 214 valence electrons. The number of carbonyl (C=O) groups excluding carboxylic acids is 3. The third-order valence-corrected chi connectivity index (χ3v) is 8.48. The van der Waals surface area contributed by atoms with Crippen molar-refractivity contribution < 1.29 is 32.7 Å². The van der Waals surface area contributed by atoms with Gasteiger partial charge in [0.2, 0.25) is 27.7 Å². The van der Waals surface area contributed by atoms with Crippen LogP contribution < -0.4 is 11.1 Å². The Labute approximate surface area is 240 Å². The summed E-state index contributed by atoms with van der Waals surface area (Å²) >= 11 is 12.0. The van der Waals surface area contributed by atoms with Gasteiger partial charge in [-0.25, -0.2) is 13.2 Å². The molecule has 0 aliphatic carbocycles. The van der Waals surface area contributed by atoms with Gasteiger partial charge in [-0.2, -0.15) is 4.31 Å². The van der Waals surface area contributed by atoms with Crippen LogP contribution in [0.25, 0.3) is 0 Å². The summed E-state index contributed by atoms with van der Waals surface area (Å²) in [5.74, 6) is -2.00. The van der Waals surface area contributed by atoms with E-state index in [4.69, 9.17) is 28.9 Å². The summed E-state index contributed by atoms with van der Waals surface area (Å²) in [7, 11) is -2.98. The van der Waals surface area contributed by atoms with E-state index in [1.807, 2.05) is 0 Å². The zero-order valence-electron chi connectivity index (χ0n) is 21.2. The maximum Gasteiger partial charge on any atom is 0.413 e. The minimum atomic E-state index is -4.50. The van der Waals surface area contributed by atoms with Crippen LogP contribution in [0.4, 0.5) is 4.79 Å². The molecule has 0 spiro atoms. The summed E-state index contributed by atoms with van der Waals surface area (Å²) in [6.45, 7) is -1.24. The van der Waals surface area contributed by atoms with Gasteiger partial charge in [0.25, 0.3) is 0 Å². The number of likely N-dealkylation sites (N-methyl/N-ethyl adjacent to an activating group) is 1. The lowest BCUT2D eigenvalue weighted by atomic mass is 10.1. The molecule has 0 fully saturated rings. The van der Waals surface area contributed by atoms with Crippen molar-refractivity contribution in [3.63, 3.8) is 0 Å². The molecule has 2 aromatic carbocycles. The lowest BCUT2D eigenvalue weighted by molar-refractivity contribution is -0.132. The third-order valence-electron chi connectivity index (χ3n) is 5.74. The van der Waals surface area contributed by atoms with Crippen LogP contribution in [-0.2, 0) is 31.0 Å². The highest BCUT2D eigenvalue weighted by Crippen LogP contribution is 2.31. The normalized spacial score (nSPS) is 13.2. The Kier molecular flexibility index (Phi) is 10.1. The highest BCUT2D eigenvalue weighted by atomic mass is 35.5. The zero-order valence-corrected chi connectivity index (χ0v) is 23.5. The average molecular weight is 613 g/mol. The number of rotatable bonds is 11. The summed E-state index contributed by atoms with van der Waals surface area (Å²) < 4.78 is 26.7. The van der Waals surface area contributed by atoms with E-state index in [0.29, 0.717) is 22.2 Å². The molecule has 1 heterocycles. The number of primary amides is 1.